The number of likely N-dealkylation sites (tertiary alicyclic amines) is 1. The molecule has 0 radical (unpaired) electrons. The maximum absolute atomic E-state index is 10.5. The Labute approximate surface area is 158 Å². The highest BCUT2D eigenvalue weighted by atomic mass is 16.5. The van der Waals surface area contributed by atoms with Gasteiger partial charge in [0, 0.05) is 41.3 Å². The van der Waals surface area contributed by atoms with Gasteiger partial charge in [0.1, 0.15) is 5.69 Å². The van der Waals surface area contributed by atoms with Crippen molar-refractivity contribution < 1.29 is 9.84 Å². The standard InChI is InChI=1S/C20H23N5O2/c1-25-10-4-5-13(12-25)22-20-16-11-21-9-8-14(16)18(23-24-20)15-6-3-7-17(27-2)19(15)26/h3,6-9,11,13,26H,4-5,10,12H2,1-2H3,(H,22,24)/t13-/m1/s1. The molecule has 1 aliphatic rings. The third kappa shape index (κ3) is 3.38. The monoisotopic (exact) mass is 365 g/mol. The molecule has 3 heterocycles. The topological polar surface area (TPSA) is 83.4 Å². The predicted molar refractivity (Wildman–Crippen MR) is 105 cm³/mol. The summed E-state index contributed by atoms with van der Waals surface area (Å²) >= 11 is 0. The summed E-state index contributed by atoms with van der Waals surface area (Å²) in [6, 6.07) is 7.58. The van der Waals surface area contributed by atoms with Gasteiger partial charge in [0.25, 0.3) is 0 Å². The zero-order valence-corrected chi connectivity index (χ0v) is 15.5. The van der Waals surface area contributed by atoms with Crippen molar-refractivity contribution in [2.24, 2.45) is 0 Å². The number of benzene rings is 1. The van der Waals surface area contributed by atoms with E-state index in [4.69, 9.17) is 4.74 Å². The zero-order chi connectivity index (χ0) is 18.8. The van der Waals surface area contributed by atoms with E-state index in [1.165, 1.54) is 7.11 Å². The molecule has 0 aliphatic carbocycles. The lowest BCUT2D eigenvalue weighted by atomic mass is 10.0. The van der Waals surface area contributed by atoms with Crippen LogP contribution >= 0.6 is 0 Å². The second kappa shape index (κ2) is 7.36. The van der Waals surface area contributed by atoms with Crippen LogP contribution in [0.2, 0.25) is 0 Å². The molecule has 0 unspecified atom stereocenters. The molecule has 140 valence electrons. The molecule has 1 atom stereocenters. The Morgan fingerprint density at radius 2 is 2.11 bits per heavy atom. The minimum absolute atomic E-state index is 0.0574. The lowest BCUT2D eigenvalue weighted by Gasteiger charge is -2.30. The zero-order valence-electron chi connectivity index (χ0n) is 15.5. The number of para-hydroxylation sites is 1. The van der Waals surface area contributed by atoms with Gasteiger partial charge < -0.3 is 20.1 Å². The van der Waals surface area contributed by atoms with Gasteiger partial charge in [-0.3, -0.25) is 4.98 Å². The number of aromatic nitrogens is 3. The molecular formula is C20H23N5O2. The molecule has 1 fully saturated rings. The summed E-state index contributed by atoms with van der Waals surface area (Å²) in [6.45, 7) is 2.10. The quantitative estimate of drug-likeness (QED) is 0.735. The molecule has 1 aliphatic heterocycles. The van der Waals surface area contributed by atoms with Crippen LogP contribution in [0.5, 0.6) is 11.5 Å². The molecule has 0 spiro atoms. The fourth-order valence-electron chi connectivity index (χ4n) is 3.66. The van der Waals surface area contributed by atoms with E-state index in [1.54, 1.807) is 18.5 Å². The first-order chi connectivity index (χ1) is 13.2. The molecule has 0 saturated carbocycles. The van der Waals surface area contributed by atoms with Crippen molar-refractivity contribution in [1.29, 1.82) is 0 Å². The summed E-state index contributed by atoms with van der Waals surface area (Å²) in [5.41, 5.74) is 1.19. The highest BCUT2D eigenvalue weighted by Crippen LogP contribution is 2.39. The van der Waals surface area contributed by atoms with E-state index >= 15 is 0 Å². The van der Waals surface area contributed by atoms with Gasteiger partial charge in [-0.2, -0.15) is 0 Å². The first-order valence-corrected chi connectivity index (χ1v) is 9.09. The van der Waals surface area contributed by atoms with E-state index in [2.05, 4.69) is 32.4 Å². The Morgan fingerprint density at radius 1 is 1.22 bits per heavy atom. The van der Waals surface area contributed by atoms with Gasteiger partial charge in [-0.05, 0) is 44.6 Å². The number of aromatic hydroxyl groups is 1. The predicted octanol–water partition coefficient (Wildman–Crippen LogP) is 2.91. The molecule has 2 N–H and O–H groups in total. The number of hydrogen-bond acceptors (Lipinski definition) is 7. The summed E-state index contributed by atoms with van der Waals surface area (Å²) in [6.07, 6.45) is 5.78. The van der Waals surface area contributed by atoms with Gasteiger partial charge in [0.15, 0.2) is 17.3 Å². The Bertz CT molecular complexity index is 962. The second-order valence-electron chi connectivity index (χ2n) is 6.92. The Hall–Kier alpha value is -2.93. The highest BCUT2D eigenvalue weighted by molar-refractivity contribution is 6.00. The van der Waals surface area contributed by atoms with Gasteiger partial charge >= 0.3 is 0 Å². The molecule has 7 nitrogen and oxygen atoms in total. The summed E-state index contributed by atoms with van der Waals surface area (Å²) in [7, 11) is 3.66. The van der Waals surface area contributed by atoms with Crippen LogP contribution in [0.15, 0.2) is 36.7 Å². The van der Waals surface area contributed by atoms with Crippen LogP contribution in [-0.2, 0) is 0 Å². The third-order valence-corrected chi connectivity index (χ3v) is 5.02. The number of methoxy groups -OCH3 is 1. The molecule has 0 amide bonds. The van der Waals surface area contributed by atoms with Crippen LogP contribution in [0.4, 0.5) is 5.82 Å². The van der Waals surface area contributed by atoms with Gasteiger partial charge in [-0.1, -0.05) is 6.07 Å². The largest absolute Gasteiger partial charge is 0.504 e. The number of pyridine rings is 1. The molecule has 2 aromatic heterocycles. The van der Waals surface area contributed by atoms with Crippen LogP contribution in [0, 0.1) is 0 Å². The number of fused-ring (bicyclic) bond motifs is 1. The normalized spacial score (nSPS) is 17.8. The Kier molecular flexibility index (Phi) is 4.77. The fraction of sp³-hybridized carbons (Fsp3) is 0.350. The Balaban J connectivity index is 1.77. The number of nitrogens with one attached hydrogen (secondary N) is 1. The van der Waals surface area contributed by atoms with E-state index in [0.29, 0.717) is 23.0 Å². The van der Waals surface area contributed by atoms with Crippen molar-refractivity contribution in [2.75, 3.05) is 32.6 Å². The van der Waals surface area contributed by atoms with Gasteiger partial charge in [-0.25, -0.2) is 0 Å². The highest BCUT2D eigenvalue weighted by Gasteiger charge is 2.20. The summed E-state index contributed by atoms with van der Waals surface area (Å²) in [5.74, 6) is 1.19. The molecule has 7 heteroatoms. The average Bonchev–Trinajstić information content (AvgIpc) is 2.69. The second-order valence-corrected chi connectivity index (χ2v) is 6.92. The van der Waals surface area contributed by atoms with Crippen LogP contribution < -0.4 is 10.1 Å². The van der Waals surface area contributed by atoms with Crippen molar-refractivity contribution in [1.82, 2.24) is 20.1 Å². The maximum Gasteiger partial charge on any atom is 0.167 e. The Morgan fingerprint density at radius 3 is 2.93 bits per heavy atom. The number of anilines is 1. The molecular weight excluding hydrogens is 342 g/mol. The SMILES string of the molecule is COc1cccc(-c2nnc(N[C@@H]3CCCN(C)C3)c3cnccc23)c1O. The van der Waals surface area contributed by atoms with Crippen molar-refractivity contribution in [3.8, 4) is 22.8 Å². The van der Waals surface area contributed by atoms with Crippen LogP contribution in [-0.4, -0.2) is 58.5 Å². The van der Waals surface area contributed by atoms with E-state index in [0.717, 1.165) is 42.5 Å². The number of ether oxygens (including phenoxy) is 1. The van der Waals surface area contributed by atoms with Crippen LogP contribution in [0.3, 0.4) is 0 Å². The van der Waals surface area contributed by atoms with Crippen LogP contribution in [0.25, 0.3) is 22.0 Å². The minimum Gasteiger partial charge on any atom is -0.504 e. The molecule has 1 saturated heterocycles. The van der Waals surface area contributed by atoms with Crippen molar-refractivity contribution in [2.45, 2.75) is 18.9 Å². The first kappa shape index (κ1) is 17.5. The lowest BCUT2D eigenvalue weighted by Crippen LogP contribution is -2.40. The molecule has 27 heavy (non-hydrogen) atoms. The number of likely N-dealkylation sites (N-methyl/N-ethyl adjacent to an activating group) is 1. The van der Waals surface area contributed by atoms with Gasteiger partial charge in [-0.15, -0.1) is 10.2 Å². The van der Waals surface area contributed by atoms with Crippen molar-refractivity contribution in [3.05, 3.63) is 36.7 Å². The number of piperidine rings is 1. The summed E-state index contributed by atoms with van der Waals surface area (Å²) < 4.78 is 5.23. The minimum atomic E-state index is 0.0574. The number of phenolic OH excluding ortho intramolecular Hbond substituents is 1. The van der Waals surface area contributed by atoms with Gasteiger partial charge in [0.05, 0.1) is 7.11 Å². The molecule has 4 rings (SSSR count). The van der Waals surface area contributed by atoms with Crippen LogP contribution in [0.1, 0.15) is 12.8 Å². The van der Waals surface area contributed by atoms with Crippen molar-refractivity contribution >= 4 is 16.6 Å². The molecule has 3 aromatic rings. The average molecular weight is 365 g/mol. The number of nitrogens with zero attached hydrogens (tertiary/aromatic N) is 4. The molecule has 0 bridgehead atoms. The summed E-state index contributed by atoms with van der Waals surface area (Å²) in [5, 5.41) is 24.7. The van der Waals surface area contributed by atoms with Gasteiger partial charge in [0.2, 0.25) is 0 Å². The number of rotatable bonds is 4. The maximum atomic E-state index is 10.5. The number of hydrogen-bond donors (Lipinski definition) is 2. The summed E-state index contributed by atoms with van der Waals surface area (Å²) in [4.78, 5) is 6.58. The van der Waals surface area contributed by atoms with E-state index in [9.17, 15) is 5.11 Å². The van der Waals surface area contributed by atoms with E-state index < -0.39 is 0 Å². The van der Waals surface area contributed by atoms with E-state index in [-0.39, 0.29) is 5.75 Å². The lowest BCUT2D eigenvalue weighted by molar-refractivity contribution is 0.261. The number of phenols is 1. The van der Waals surface area contributed by atoms with Crippen molar-refractivity contribution in [3.63, 3.8) is 0 Å². The third-order valence-electron chi connectivity index (χ3n) is 5.02. The fourth-order valence-corrected chi connectivity index (χ4v) is 3.66. The molecule has 1 aromatic carbocycles. The smallest absolute Gasteiger partial charge is 0.167 e. The first-order valence-electron chi connectivity index (χ1n) is 9.09. The van der Waals surface area contributed by atoms with E-state index in [1.807, 2.05) is 18.2 Å².